The predicted molar refractivity (Wildman–Crippen MR) is 69.8 cm³/mol. The molecule has 0 aromatic carbocycles. The monoisotopic (exact) mass is 236 g/mol. The van der Waals surface area contributed by atoms with E-state index in [-0.39, 0.29) is 0 Å². The van der Waals surface area contributed by atoms with E-state index in [0.717, 1.165) is 12.6 Å². The zero-order valence-corrected chi connectivity index (χ0v) is 11.1. The lowest BCUT2D eigenvalue weighted by Gasteiger charge is -2.31. The number of likely N-dealkylation sites (N-methyl/N-ethyl adjacent to an activating group) is 1. The third-order valence-corrected chi connectivity index (χ3v) is 3.60. The first kappa shape index (κ1) is 12.6. The fourth-order valence-electron chi connectivity index (χ4n) is 2.57. The van der Waals surface area contributed by atoms with Gasteiger partial charge in [0.15, 0.2) is 0 Å². The minimum atomic E-state index is 0.317. The van der Waals surface area contributed by atoms with Gasteiger partial charge in [-0.3, -0.25) is 4.90 Å². The maximum absolute atomic E-state index is 5.99. The molecule has 0 bridgehead atoms. The van der Waals surface area contributed by atoms with E-state index in [2.05, 4.69) is 35.2 Å². The second kappa shape index (κ2) is 5.19. The highest BCUT2D eigenvalue weighted by Crippen LogP contribution is 2.34. The fourth-order valence-corrected chi connectivity index (χ4v) is 2.57. The summed E-state index contributed by atoms with van der Waals surface area (Å²) in [6, 6.07) is 1.50. The van der Waals surface area contributed by atoms with Crippen molar-refractivity contribution in [2.75, 3.05) is 13.1 Å². The van der Waals surface area contributed by atoms with E-state index in [1.807, 2.05) is 12.5 Å². The summed E-state index contributed by atoms with van der Waals surface area (Å²) < 4.78 is 2.24. The van der Waals surface area contributed by atoms with Crippen LogP contribution in [0.3, 0.4) is 0 Å². The van der Waals surface area contributed by atoms with Crippen LogP contribution in [0.4, 0.5) is 0 Å². The minimum Gasteiger partial charge on any atom is -0.331 e. The average Bonchev–Trinajstić information content (AvgIpc) is 3.02. The Morgan fingerprint density at radius 2 is 2.24 bits per heavy atom. The van der Waals surface area contributed by atoms with E-state index in [1.54, 1.807) is 0 Å². The van der Waals surface area contributed by atoms with Gasteiger partial charge < -0.3 is 10.3 Å². The Labute approximate surface area is 104 Å². The highest BCUT2D eigenvalue weighted by molar-refractivity contribution is 5.09. The molecule has 1 heterocycles. The topological polar surface area (TPSA) is 47.1 Å². The van der Waals surface area contributed by atoms with Crippen LogP contribution >= 0.6 is 0 Å². The van der Waals surface area contributed by atoms with Gasteiger partial charge in [0, 0.05) is 24.8 Å². The standard InChI is InChI=1S/C13H24N4/c1-4-16(11-5-6-11)12(7-14)13-8-15-9-17(13)10(2)3/h8-12H,4-7,14H2,1-3H3. The van der Waals surface area contributed by atoms with E-state index in [0.29, 0.717) is 18.6 Å². The SMILES string of the molecule is CCN(C1CC1)C(CN)c1cncn1C(C)C. The van der Waals surface area contributed by atoms with Crippen molar-refractivity contribution in [2.45, 2.75) is 51.7 Å². The molecule has 2 rings (SSSR count). The Kier molecular flexibility index (Phi) is 3.84. The maximum Gasteiger partial charge on any atom is 0.0951 e. The molecule has 1 unspecified atom stereocenters. The van der Waals surface area contributed by atoms with E-state index >= 15 is 0 Å². The van der Waals surface area contributed by atoms with Crippen molar-refractivity contribution in [3.63, 3.8) is 0 Å². The van der Waals surface area contributed by atoms with Crippen LogP contribution in [0.25, 0.3) is 0 Å². The molecule has 0 spiro atoms. The summed E-state index contributed by atoms with van der Waals surface area (Å²) in [5, 5.41) is 0. The van der Waals surface area contributed by atoms with Gasteiger partial charge in [-0.25, -0.2) is 4.98 Å². The molecule has 4 nitrogen and oxygen atoms in total. The van der Waals surface area contributed by atoms with Crippen molar-refractivity contribution in [1.29, 1.82) is 0 Å². The number of hydrogen-bond acceptors (Lipinski definition) is 3. The van der Waals surface area contributed by atoms with E-state index in [1.165, 1.54) is 18.5 Å². The highest BCUT2D eigenvalue weighted by Gasteiger charge is 2.34. The normalized spacial score (nSPS) is 18.0. The molecule has 96 valence electrons. The first-order valence-electron chi connectivity index (χ1n) is 6.66. The summed E-state index contributed by atoms with van der Waals surface area (Å²) in [4.78, 5) is 6.81. The van der Waals surface area contributed by atoms with Crippen LogP contribution in [-0.2, 0) is 0 Å². The molecule has 0 aliphatic heterocycles. The molecule has 4 heteroatoms. The van der Waals surface area contributed by atoms with Gasteiger partial charge in [0.05, 0.1) is 18.1 Å². The molecule has 1 aliphatic carbocycles. The molecular formula is C13H24N4. The number of hydrogen-bond donors (Lipinski definition) is 1. The Morgan fingerprint density at radius 3 is 2.71 bits per heavy atom. The van der Waals surface area contributed by atoms with Crippen molar-refractivity contribution >= 4 is 0 Å². The largest absolute Gasteiger partial charge is 0.331 e. The smallest absolute Gasteiger partial charge is 0.0951 e. The maximum atomic E-state index is 5.99. The molecule has 0 saturated heterocycles. The van der Waals surface area contributed by atoms with Gasteiger partial charge in [-0.15, -0.1) is 0 Å². The first-order valence-corrected chi connectivity index (χ1v) is 6.66. The summed E-state index contributed by atoms with van der Waals surface area (Å²) in [7, 11) is 0. The van der Waals surface area contributed by atoms with Gasteiger partial charge in [0.25, 0.3) is 0 Å². The molecule has 1 aromatic rings. The van der Waals surface area contributed by atoms with Gasteiger partial charge in [0.1, 0.15) is 0 Å². The van der Waals surface area contributed by atoms with Crippen molar-refractivity contribution in [3.05, 3.63) is 18.2 Å². The Balaban J connectivity index is 2.24. The lowest BCUT2D eigenvalue weighted by atomic mass is 10.1. The van der Waals surface area contributed by atoms with Crippen LogP contribution in [0.1, 0.15) is 51.4 Å². The number of imidazole rings is 1. The third kappa shape index (κ3) is 2.53. The Hall–Kier alpha value is -0.870. The summed E-state index contributed by atoms with van der Waals surface area (Å²) in [6.07, 6.45) is 6.53. The van der Waals surface area contributed by atoms with Crippen LogP contribution < -0.4 is 5.73 Å². The first-order chi connectivity index (χ1) is 8.19. The third-order valence-electron chi connectivity index (χ3n) is 3.60. The molecule has 2 N–H and O–H groups in total. The zero-order valence-electron chi connectivity index (χ0n) is 11.1. The van der Waals surface area contributed by atoms with E-state index in [4.69, 9.17) is 5.73 Å². The van der Waals surface area contributed by atoms with Crippen LogP contribution in [0.5, 0.6) is 0 Å². The molecule has 1 fully saturated rings. The fraction of sp³-hybridized carbons (Fsp3) is 0.769. The van der Waals surface area contributed by atoms with Crippen molar-refractivity contribution in [3.8, 4) is 0 Å². The van der Waals surface area contributed by atoms with Gasteiger partial charge in [-0.2, -0.15) is 0 Å². The molecule has 1 aliphatic rings. The molecular weight excluding hydrogens is 212 g/mol. The highest BCUT2D eigenvalue weighted by atomic mass is 15.2. The van der Waals surface area contributed by atoms with Crippen LogP contribution in [-0.4, -0.2) is 33.6 Å². The lowest BCUT2D eigenvalue weighted by Crippen LogP contribution is -2.36. The lowest BCUT2D eigenvalue weighted by molar-refractivity contribution is 0.193. The predicted octanol–water partition coefficient (Wildman–Crippen LogP) is 1.95. The average molecular weight is 236 g/mol. The van der Waals surface area contributed by atoms with E-state index < -0.39 is 0 Å². The number of nitrogens with zero attached hydrogens (tertiary/aromatic N) is 3. The molecule has 17 heavy (non-hydrogen) atoms. The Bertz CT molecular complexity index is 354. The van der Waals surface area contributed by atoms with Gasteiger partial charge in [0.2, 0.25) is 0 Å². The molecule has 1 aromatic heterocycles. The summed E-state index contributed by atoms with van der Waals surface area (Å²) in [6.45, 7) is 8.33. The van der Waals surface area contributed by atoms with Gasteiger partial charge >= 0.3 is 0 Å². The second-order valence-corrected chi connectivity index (χ2v) is 5.13. The summed E-state index contributed by atoms with van der Waals surface area (Å²) >= 11 is 0. The zero-order chi connectivity index (χ0) is 12.4. The quantitative estimate of drug-likeness (QED) is 0.821. The summed E-state index contributed by atoms with van der Waals surface area (Å²) in [5.41, 5.74) is 7.25. The van der Waals surface area contributed by atoms with Crippen LogP contribution in [0.15, 0.2) is 12.5 Å². The molecule has 1 saturated carbocycles. The van der Waals surface area contributed by atoms with Crippen LogP contribution in [0.2, 0.25) is 0 Å². The molecule has 0 radical (unpaired) electrons. The van der Waals surface area contributed by atoms with E-state index in [9.17, 15) is 0 Å². The number of aromatic nitrogens is 2. The molecule has 1 atom stereocenters. The number of rotatable bonds is 6. The van der Waals surface area contributed by atoms with Crippen molar-refractivity contribution < 1.29 is 0 Å². The second-order valence-electron chi connectivity index (χ2n) is 5.13. The van der Waals surface area contributed by atoms with Crippen LogP contribution in [0, 0.1) is 0 Å². The van der Waals surface area contributed by atoms with Gasteiger partial charge in [-0.1, -0.05) is 6.92 Å². The van der Waals surface area contributed by atoms with Crippen molar-refractivity contribution in [1.82, 2.24) is 14.5 Å². The summed E-state index contributed by atoms with van der Waals surface area (Å²) in [5.74, 6) is 0. The minimum absolute atomic E-state index is 0.317. The Morgan fingerprint density at radius 1 is 1.53 bits per heavy atom. The van der Waals surface area contributed by atoms with Crippen molar-refractivity contribution in [2.24, 2.45) is 5.73 Å². The molecule has 0 amide bonds. The number of nitrogens with two attached hydrogens (primary N) is 1. The van der Waals surface area contributed by atoms with Gasteiger partial charge in [-0.05, 0) is 33.2 Å².